The molecule has 0 saturated carbocycles. The summed E-state index contributed by atoms with van der Waals surface area (Å²) < 4.78 is 3.07. The minimum atomic E-state index is -0.430. The molecule has 4 rings (SSSR count). The molecule has 1 N–H and O–H groups in total. The molecular formula is C26H20BrN3O. The van der Waals surface area contributed by atoms with E-state index in [1.165, 1.54) is 11.1 Å². The van der Waals surface area contributed by atoms with Crippen molar-refractivity contribution in [2.45, 2.75) is 13.5 Å². The summed E-state index contributed by atoms with van der Waals surface area (Å²) in [4.78, 5) is 12.7. The first-order valence-corrected chi connectivity index (χ1v) is 10.6. The molecule has 0 fully saturated rings. The van der Waals surface area contributed by atoms with Gasteiger partial charge in [-0.15, -0.1) is 0 Å². The quantitative estimate of drug-likeness (QED) is 0.275. The third-order valence-electron chi connectivity index (χ3n) is 5.02. The van der Waals surface area contributed by atoms with E-state index in [-0.39, 0.29) is 5.57 Å². The highest BCUT2D eigenvalue weighted by Crippen LogP contribution is 2.25. The van der Waals surface area contributed by atoms with Crippen LogP contribution in [0.1, 0.15) is 16.7 Å². The van der Waals surface area contributed by atoms with E-state index >= 15 is 0 Å². The van der Waals surface area contributed by atoms with Gasteiger partial charge in [-0.05, 0) is 48.9 Å². The second kappa shape index (κ2) is 9.03. The average Bonchev–Trinajstić information content (AvgIpc) is 3.11. The molecule has 1 heterocycles. The van der Waals surface area contributed by atoms with Crippen molar-refractivity contribution in [1.82, 2.24) is 4.57 Å². The summed E-state index contributed by atoms with van der Waals surface area (Å²) in [7, 11) is 0. The van der Waals surface area contributed by atoms with Crippen LogP contribution in [0.3, 0.4) is 0 Å². The van der Waals surface area contributed by atoms with E-state index in [9.17, 15) is 10.1 Å². The Morgan fingerprint density at radius 1 is 1.10 bits per heavy atom. The van der Waals surface area contributed by atoms with Crippen molar-refractivity contribution in [2.24, 2.45) is 0 Å². The average molecular weight is 470 g/mol. The number of para-hydroxylation sites is 1. The first-order valence-electron chi connectivity index (χ1n) is 9.85. The van der Waals surface area contributed by atoms with Gasteiger partial charge in [-0.25, -0.2) is 0 Å². The van der Waals surface area contributed by atoms with Gasteiger partial charge in [0.1, 0.15) is 11.6 Å². The Kier molecular flexibility index (Phi) is 6.01. The molecular weight excluding hydrogens is 450 g/mol. The number of amides is 1. The number of carbonyl (C=O) groups is 1. The van der Waals surface area contributed by atoms with Crippen molar-refractivity contribution in [2.75, 3.05) is 5.32 Å². The number of fused-ring (bicyclic) bond motifs is 1. The van der Waals surface area contributed by atoms with Crippen LogP contribution in [0.15, 0.2) is 89.0 Å². The monoisotopic (exact) mass is 469 g/mol. The number of nitrogens with zero attached hydrogens (tertiary/aromatic N) is 2. The van der Waals surface area contributed by atoms with Gasteiger partial charge in [-0.2, -0.15) is 5.26 Å². The molecule has 3 aromatic carbocycles. The first-order chi connectivity index (χ1) is 15.0. The van der Waals surface area contributed by atoms with Gasteiger partial charge in [0.25, 0.3) is 5.91 Å². The number of aromatic nitrogens is 1. The summed E-state index contributed by atoms with van der Waals surface area (Å²) in [6, 6.07) is 25.7. The summed E-state index contributed by atoms with van der Waals surface area (Å²) in [6.45, 7) is 2.79. The van der Waals surface area contributed by atoms with Crippen LogP contribution in [0.25, 0.3) is 17.0 Å². The van der Waals surface area contributed by atoms with Crippen molar-refractivity contribution in [3.8, 4) is 6.07 Å². The molecule has 0 aliphatic heterocycles. The maximum absolute atomic E-state index is 12.7. The van der Waals surface area contributed by atoms with E-state index in [1.54, 1.807) is 18.2 Å². The van der Waals surface area contributed by atoms with E-state index in [1.807, 2.05) is 42.6 Å². The Morgan fingerprint density at radius 2 is 1.87 bits per heavy atom. The van der Waals surface area contributed by atoms with E-state index in [4.69, 9.17) is 0 Å². The van der Waals surface area contributed by atoms with Crippen molar-refractivity contribution in [1.29, 1.82) is 5.26 Å². The Bertz CT molecular complexity index is 1330. The van der Waals surface area contributed by atoms with Crippen LogP contribution < -0.4 is 5.32 Å². The smallest absolute Gasteiger partial charge is 0.266 e. The molecule has 1 aromatic heterocycles. The second-order valence-corrected chi connectivity index (χ2v) is 8.27. The van der Waals surface area contributed by atoms with Gasteiger partial charge < -0.3 is 9.88 Å². The van der Waals surface area contributed by atoms with Gasteiger partial charge in [0, 0.05) is 39.4 Å². The number of hydrogen-bond acceptors (Lipinski definition) is 2. The van der Waals surface area contributed by atoms with Crippen molar-refractivity contribution < 1.29 is 4.79 Å². The first kappa shape index (κ1) is 20.6. The molecule has 0 spiro atoms. The number of aryl methyl sites for hydroxylation is 1. The largest absolute Gasteiger partial charge is 0.342 e. The Hall–Kier alpha value is -3.62. The van der Waals surface area contributed by atoms with E-state index in [2.05, 4.69) is 63.1 Å². The number of nitrogens with one attached hydrogen (secondary N) is 1. The number of hydrogen-bond donors (Lipinski definition) is 1. The Morgan fingerprint density at radius 3 is 2.61 bits per heavy atom. The number of rotatable bonds is 5. The topological polar surface area (TPSA) is 57.8 Å². The molecule has 0 atom stereocenters. The molecule has 1 amide bonds. The van der Waals surface area contributed by atoms with Crippen LogP contribution in [0.5, 0.6) is 0 Å². The predicted molar refractivity (Wildman–Crippen MR) is 129 cm³/mol. The third-order valence-corrected chi connectivity index (χ3v) is 5.55. The lowest BCUT2D eigenvalue weighted by molar-refractivity contribution is -0.112. The molecule has 4 nitrogen and oxygen atoms in total. The second-order valence-electron chi connectivity index (χ2n) is 7.35. The molecule has 0 aliphatic rings. The van der Waals surface area contributed by atoms with Crippen LogP contribution in [-0.2, 0) is 11.3 Å². The number of benzene rings is 3. The fraction of sp³-hybridized carbons (Fsp3) is 0.0769. The minimum absolute atomic E-state index is 0.0568. The lowest BCUT2D eigenvalue weighted by atomic mass is 10.1. The minimum Gasteiger partial charge on any atom is -0.342 e. The van der Waals surface area contributed by atoms with Crippen LogP contribution in [-0.4, -0.2) is 10.5 Å². The van der Waals surface area contributed by atoms with E-state index < -0.39 is 5.91 Å². The SMILES string of the molecule is Cc1cccc(Cn2cc(/C=C(/C#N)C(=O)Nc3ccc(Br)cc3)c3ccccc32)c1. The maximum atomic E-state index is 12.7. The molecule has 0 unspecified atom stereocenters. The summed E-state index contributed by atoms with van der Waals surface area (Å²) >= 11 is 3.37. The highest BCUT2D eigenvalue weighted by molar-refractivity contribution is 9.10. The lowest BCUT2D eigenvalue weighted by Gasteiger charge is -2.06. The summed E-state index contributed by atoms with van der Waals surface area (Å²) in [5.41, 5.74) is 5.00. The molecule has 0 radical (unpaired) electrons. The Balaban J connectivity index is 1.67. The third kappa shape index (κ3) is 4.76. The molecule has 31 heavy (non-hydrogen) atoms. The maximum Gasteiger partial charge on any atom is 0.266 e. The van der Waals surface area contributed by atoms with Crippen LogP contribution in [0.2, 0.25) is 0 Å². The van der Waals surface area contributed by atoms with Crippen molar-refractivity contribution >= 4 is 44.5 Å². The normalized spacial score (nSPS) is 11.3. The zero-order valence-electron chi connectivity index (χ0n) is 17.0. The van der Waals surface area contributed by atoms with Crippen LogP contribution in [0, 0.1) is 18.3 Å². The summed E-state index contributed by atoms with van der Waals surface area (Å²) in [6.07, 6.45) is 3.65. The molecule has 0 bridgehead atoms. The molecule has 152 valence electrons. The fourth-order valence-electron chi connectivity index (χ4n) is 3.56. The van der Waals surface area contributed by atoms with Gasteiger partial charge in [-0.3, -0.25) is 4.79 Å². The standard InChI is InChI=1S/C26H20BrN3O/c1-18-5-4-6-19(13-18)16-30-17-21(24-7-2-3-8-25(24)30)14-20(15-28)26(31)29-23-11-9-22(27)10-12-23/h2-14,17H,16H2,1H3,(H,29,31)/b20-14-. The van der Waals surface area contributed by atoms with Gasteiger partial charge >= 0.3 is 0 Å². The molecule has 0 saturated heterocycles. The molecule has 4 aromatic rings. The summed E-state index contributed by atoms with van der Waals surface area (Å²) in [5, 5.41) is 13.4. The summed E-state index contributed by atoms with van der Waals surface area (Å²) in [5.74, 6) is -0.430. The number of halogens is 1. The zero-order chi connectivity index (χ0) is 21.8. The van der Waals surface area contributed by atoms with Gasteiger partial charge in [0.15, 0.2) is 0 Å². The highest BCUT2D eigenvalue weighted by Gasteiger charge is 2.13. The molecule has 5 heteroatoms. The zero-order valence-corrected chi connectivity index (χ0v) is 18.6. The highest BCUT2D eigenvalue weighted by atomic mass is 79.9. The fourth-order valence-corrected chi connectivity index (χ4v) is 3.83. The number of anilines is 1. The van der Waals surface area contributed by atoms with Crippen molar-refractivity contribution in [3.63, 3.8) is 0 Å². The van der Waals surface area contributed by atoms with Gasteiger partial charge in [0.05, 0.1) is 0 Å². The predicted octanol–water partition coefficient (Wildman–Crippen LogP) is 6.31. The van der Waals surface area contributed by atoms with E-state index in [0.29, 0.717) is 12.2 Å². The van der Waals surface area contributed by atoms with E-state index in [0.717, 1.165) is 20.9 Å². The van der Waals surface area contributed by atoms with Crippen LogP contribution in [0.4, 0.5) is 5.69 Å². The van der Waals surface area contributed by atoms with Crippen LogP contribution >= 0.6 is 15.9 Å². The number of nitriles is 1. The lowest BCUT2D eigenvalue weighted by Crippen LogP contribution is -2.13. The molecule has 0 aliphatic carbocycles. The number of carbonyl (C=O) groups excluding carboxylic acids is 1. The Labute approximate surface area is 189 Å². The van der Waals surface area contributed by atoms with Crippen molar-refractivity contribution in [3.05, 3.63) is 106 Å². The van der Waals surface area contributed by atoms with Gasteiger partial charge in [0.2, 0.25) is 0 Å². The van der Waals surface area contributed by atoms with Gasteiger partial charge in [-0.1, -0.05) is 64.0 Å².